The fourth-order valence-corrected chi connectivity index (χ4v) is 2.91. The molecule has 1 aromatic heterocycles. The number of fused-ring (bicyclic) bond motifs is 1. The molecule has 0 spiro atoms. The third-order valence-electron chi connectivity index (χ3n) is 4.14. The van der Waals surface area contributed by atoms with E-state index in [1.165, 1.54) is 22.8 Å². The van der Waals surface area contributed by atoms with Gasteiger partial charge >= 0.3 is 0 Å². The molecule has 0 atom stereocenters. The standard InChI is InChI=1S/C17H24N4/c1-12(2)16-19-17(15-11-18-9-10-21(15)16)20(4)14-7-5-13(3)6-8-14/h5-8,12,18H,9-11H2,1-4H3. The fraction of sp³-hybridized carbons (Fsp3) is 0.471. The van der Waals surface area contributed by atoms with Crippen LogP contribution in [0.25, 0.3) is 0 Å². The molecule has 0 radical (unpaired) electrons. The monoisotopic (exact) mass is 284 g/mol. The van der Waals surface area contributed by atoms with Gasteiger partial charge in [0.25, 0.3) is 0 Å². The van der Waals surface area contributed by atoms with Gasteiger partial charge in [0.1, 0.15) is 5.82 Å². The first-order chi connectivity index (χ1) is 10.1. The van der Waals surface area contributed by atoms with Crippen molar-refractivity contribution in [3.8, 4) is 0 Å². The summed E-state index contributed by atoms with van der Waals surface area (Å²) < 4.78 is 2.39. The molecule has 112 valence electrons. The van der Waals surface area contributed by atoms with Crippen LogP contribution in [0.5, 0.6) is 0 Å². The van der Waals surface area contributed by atoms with Gasteiger partial charge in [-0.05, 0) is 19.1 Å². The van der Waals surface area contributed by atoms with Crippen LogP contribution >= 0.6 is 0 Å². The highest BCUT2D eigenvalue weighted by molar-refractivity contribution is 5.62. The molecular weight excluding hydrogens is 260 g/mol. The fourth-order valence-electron chi connectivity index (χ4n) is 2.91. The highest BCUT2D eigenvalue weighted by Crippen LogP contribution is 2.30. The second kappa shape index (κ2) is 5.53. The number of nitrogens with zero attached hydrogens (tertiary/aromatic N) is 3. The van der Waals surface area contributed by atoms with Crippen molar-refractivity contribution < 1.29 is 0 Å². The molecule has 1 aliphatic heterocycles. The predicted octanol–water partition coefficient (Wildman–Crippen LogP) is 3.19. The molecule has 1 aromatic carbocycles. The number of anilines is 2. The van der Waals surface area contributed by atoms with E-state index in [9.17, 15) is 0 Å². The van der Waals surface area contributed by atoms with Crippen molar-refractivity contribution in [2.45, 2.75) is 39.8 Å². The van der Waals surface area contributed by atoms with Crippen LogP contribution in [0.4, 0.5) is 11.5 Å². The Kier molecular flexibility index (Phi) is 3.72. The Bertz CT molecular complexity index is 625. The maximum atomic E-state index is 4.94. The van der Waals surface area contributed by atoms with Gasteiger partial charge < -0.3 is 14.8 Å². The van der Waals surface area contributed by atoms with Crippen molar-refractivity contribution in [3.05, 3.63) is 41.3 Å². The molecule has 2 aromatic rings. The summed E-state index contributed by atoms with van der Waals surface area (Å²) in [6.07, 6.45) is 0. The highest BCUT2D eigenvalue weighted by Gasteiger charge is 2.23. The quantitative estimate of drug-likeness (QED) is 0.939. The van der Waals surface area contributed by atoms with Crippen molar-refractivity contribution in [3.63, 3.8) is 0 Å². The molecule has 4 nitrogen and oxygen atoms in total. The minimum absolute atomic E-state index is 0.446. The third kappa shape index (κ3) is 2.56. The van der Waals surface area contributed by atoms with Crippen LogP contribution < -0.4 is 10.2 Å². The molecule has 3 rings (SSSR count). The van der Waals surface area contributed by atoms with Crippen LogP contribution in [-0.2, 0) is 13.1 Å². The van der Waals surface area contributed by atoms with Crippen LogP contribution in [0.3, 0.4) is 0 Å². The van der Waals surface area contributed by atoms with Crippen LogP contribution in [0.2, 0.25) is 0 Å². The predicted molar refractivity (Wildman–Crippen MR) is 87.3 cm³/mol. The van der Waals surface area contributed by atoms with Gasteiger partial charge in [-0.3, -0.25) is 0 Å². The van der Waals surface area contributed by atoms with Gasteiger partial charge in [0.15, 0.2) is 5.82 Å². The van der Waals surface area contributed by atoms with E-state index in [0.717, 1.165) is 25.5 Å². The minimum Gasteiger partial charge on any atom is -0.328 e. The minimum atomic E-state index is 0.446. The second-order valence-electron chi connectivity index (χ2n) is 6.12. The van der Waals surface area contributed by atoms with E-state index < -0.39 is 0 Å². The number of rotatable bonds is 3. The molecule has 0 aliphatic carbocycles. The lowest BCUT2D eigenvalue weighted by atomic mass is 10.2. The van der Waals surface area contributed by atoms with Crippen LogP contribution in [0.15, 0.2) is 24.3 Å². The Morgan fingerprint density at radius 1 is 1.24 bits per heavy atom. The molecule has 21 heavy (non-hydrogen) atoms. The van der Waals surface area contributed by atoms with E-state index in [2.05, 4.69) is 66.9 Å². The van der Waals surface area contributed by atoms with Crippen LogP contribution in [0, 0.1) is 6.92 Å². The lowest BCUT2D eigenvalue weighted by Crippen LogP contribution is -2.29. The van der Waals surface area contributed by atoms with Crippen molar-refractivity contribution in [1.82, 2.24) is 14.9 Å². The highest BCUT2D eigenvalue weighted by atomic mass is 15.3. The van der Waals surface area contributed by atoms with Crippen molar-refractivity contribution >= 4 is 11.5 Å². The zero-order valence-corrected chi connectivity index (χ0v) is 13.3. The molecule has 0 saturated carbocycles. The van der Waals surface area contributed by atoms with Gasteiger partial charge in [-0.2, -0.15) is 0 Å². The number of imidazole rings is 1. The summed E-state index contributed by atoms with van der Waals surface area (Å²) in [7, 11) is 2.10. The molecular formula is C17H24N4. The van der Waals surface area contributed by atoms with E-state index in [0.29, 0.717) is 5.92 Å². The number of hydrogen-bond donors (Lipinski definition) is 1. The number of aryl methyl sites for hydroxylation is 1. The number of nitrogens with one attached hydrogen (secondary N) is 1. The Hall–Kier alpha value is -1.81. The maximum absolute atomic E-state index is 4.94. The van der Waals surface area contributed by atoms with Crippen molar-refractivity contribution in [1.29, 1.82) is 0 Å². The lowest BCUT2D eigenvalue weighted by Gasteiger charge is -2.22. The molecule has 4 heteroatoms. The summed E-state index contributed by atoms with van der Waals surface area (Å²) in [5.41, 5.74) is 3.76. The number of aromatic nitrogens is 2. The molecule has 0 bridgehead atoms. The Morgan fingerprint density at radius 2 is 1.95 bits per heavy atom. The van der Waals surface area contributed by atoms with Crippen molar-refractivity contribution in [2.75, 3.05) is 18.5 Å². The molecule has 2 heterocycles. The van der Waals surface area contributed by atoms with Gasteiger partial charge in [-0.25, -0.2) is 4.98 Å². The zero-order chi connectivity index (χ0) is 15.0. The first-order valence-electron chi connectivity index (χ1n) is 7.68. The average molecular weight is 284 g/mol. The molecule has 1 N–H and O–H groups in total. The van der Waals surface area contributed by atoms with Crippen molar-refractivity contribution in [2.24, 2.45) is 0 Å². The third-order valence-corrected chi connectivity index (χ3v) is 4.14. The molecule has 0 fully saturated rings. The zero-order valence-electron chi connectivity index (χ0n) is 13.3. The molecule has 0 amide bonds. The van der Waals surface area contributed by atoms with E-state index >= 15 is 0 Å². The SMILES string of the molecule is Cc1ccc(N(C)c2nc(C(C)C)n3c2CNCC3)cc1. The van der Waals surface area contributed by atoms with E-state index in [4.69, 9.17) is 4.98 Å². The molecule has 0 unspecified atom stereocenters. The normalized spacial score (nSPS) is 14.3. The summed E-state index contributed by atoms with van der Waals surface area (Å²) in [5.74, 6) is 2.72. The Balaban J connectivity index is 2.03. The van der Waals surface area contributed by atoms with Gasteiger partial charge in [-0.15, -0.1) is 0 Å². The lowest BCUT2D eigenvalue weighted by molar-refractivity contribution is 0.493. The summed E-state index contributed by atoms with van der Waals surface area (Å²) in [5, 5.41) is 3.46. The number of hydrogen-bond acceptors (Lipinski definition) is 3. The van der Waals surface area contributed by atoms with E-state index in [-0.39, 0.29) is 0 Å². The first-order valence-corrected chi connectivity index (χ1v) is 7.68. The van der Waals surface area contributed by atoms with E-state index in [1.807, 2.05) is 0 Å². The summed E-state index contributed by atoms with van der Waals surface area (Å²) >= 11 is 0. The summed E-state index contributed by atoms with van der Waals surface area (Å²) in [4.78, 5) is 7.14. The summed E-state index contributed by atoms with van der Waals surface area (Å²) in [6, 6.07) is 8.62. The number of benzene rings is 1. The first kappa shape index (κ1) is 14.1. The van der Waals surface area contributed by atoms with Gasteiger partial charge in [-0.1, -0.05) is 31.5 Å². The van der Waals surface area contributed by atoms with Gasteiger partial charge in [0, 0.05) is 38.3 Å². The van der Waals surface area contributed by atoms with Crippen LogP contribution in [0.1, 0.15) is 36.8 Å². The largest absolute Gasteiger partial charge is 0.328 e. The van der Waals surface area contributed by atoms with Gasteiger partial charge in [0.2, 0.25) is 0 Å². The van der Waals surface area contributed by atoms with Gasteiger partial charge in [0.05, 0.1) is 5.69 Å². The molecule has 1 aliphatic rings. The Morgan fingerprint density at radius 3 is 2.62 bits per heavy atom. The smallest absolute Gasteiger partial charge is 0.155 e. The average Bonchev–Trinajstić information content (AvgIpc) is 2.87. The Labute approximate surface area is 126 Å². The van der Waals surface area contributed by atoms with E-state index in [1.54, 1.807) is 0 Å². The second-order valence-corrected chi connectivity index (χ2v) is 6.12. The van der Waals surface area contributed by atoms with Crippen LogP contribution in [-0.4, -0.2) is 23.1 Å². The maximum Gasteiger partial charge on any atom is 0.155 e. The summed E-state index contributed by atoms with van der Waals surface area (Å²) in [6.45, 7) is 9.48. The molecule has 0 saturated heterocycles. The topological polar surface area (TPSA) is 33.1 Å².